The highest BCUT2D eigenvalue weighted by molar-refractivity contribution is 7.89. The summed E-state index contributed by atoms with van der Waals surface area (Å²) >= 11 is 0. The zero-order valence-corrected chi connectivity index (χ0v) is 25.0. The predicted octanol–water partition coefficient (Wildman–Crippen LogP) is 5.30. The minimum Gasteiger partial charge on any atom is -0.352 e. The van der Waals surface area contributed by atoms with E-state index in [0.717, 1.165) is 46.3 Å². The van der Waals surface area contributed by atoms with Crippen LogP contribution in [0.25, 0.3) is 10.8 Å². The van der Waals surface area contributed by atoms with Crippen LogP contribution < -0.4 is 5.32 Å². The minimum absolute atomic E-state index is 0.0125. The lowest BCUT2D eigenvalue weighted by Gasteiger charge is -2.33. The first kappa shape index (κ1) is 30.4. The number of rotatable bonds is 11. The standard InChI is InChI=1S/C34H36FN3O4S/c1-37(43(41,42)31-20-17-27-11-5-6-12-28(27)22-31)24-33(39)38(23-26-15-18-29(35)19-16-26)32(21-25-9-3-2-4-10-25)34(40)36-30-13-7-8-14-30/h2-6,9-12,15-20,22,30,32H,7-8,13-14,21,23-24H2,1H3,(H,36,40). The first-order valence-electron chi connectivity index (χ1n) is 14.5. The van der Waals surface area contributed by atoms with Crippen molar-refractivity contribution in [1.29, 1.82) is 0 Å². The number of likely N-dealkylation sites (N-methyl/N-ethyl adjacent to an activating group) is 1. The second-order valence-corrected chi connectivity index (χ2v) is 13.2. The second kappa shape index (κ2) is 13.5. The molecule has 0 aliphatic heterocycles. The van der Waals surface area contributed by atoms with Crippen molar-refractivity contribution < 1.29 is 22.4 Å². The molecule has 0 spiro atoms. The van der Waals surface area contributed by atoms with E-state index in [1.54, 1.807) is 24.3 Å². The summed E-state index contributed by atoms with van der Waals surface area (Å²) in [7, 11) is -2.66. The van der Waals surface area contributed by atoms with Crippen molar-refractivity contribution in [3.63, 3.8) is 0 Å². The van der Waals surface area contributed by atoms with E-state index >= 15 is 0 Å². The quantitative estimate of drug-likeness (QED) is 0.253. The monoisotopic (exact) mass is 601 g/mol. The van der Waals surface area contributed by atoms with Crippen LogP contribution in [-0.4, -0.2) is 55.1 Å². The van der Waals surface area contributed by atoms with Gasteiger partial charge in [0.05, 0.1) is 11.4 Å². The van der Waals surface area contributed by atoms with Crippen LogP contribution in [0.4, 0.5) is 4.39 Å². The fourth-order valence-corrected chi connectivity index (χ4v) is 6.74. The molecule has 1 N–H and O–H groups in total. The van der Waals surface area contributed by atoms with Gasteiger partial charge in [-0.3, -0.25) is 9.59 Å². The number of carbonyl (C=O) groups is 2. The van der Waals surface area contributed by atoms with Crippen LogP contribution >= 0.6 is 0 Å². The van der Waals surface area contributed by atoms with Gasteiger partial charge in [0.2, 0.25) is 21.8 Å². The van der Waals surface area contributed by atoms with E-state index in [1.807, 2.05) is 54.6 Å². The molecule has 0 saturated heterocycles. The Bertz CT molecular complexity index is 1670. The van der Waals surface area contributed by atoms with Gasteiger partial charge in [-0.2, -0.15) is 4.31 Å². The summed E-state index contributed by atoms with van der Waals surface area (Å²) in [6.07, 6.45) is 4.06. The summed E-state index contributed by atoms with van der Waals surface area (Å²) in [5.74, 6) is -1.23. The van der Waals surface area contributed by atoms with Crippen LogP contribution in [0.1, 0.15) is 36.8 Å². The Hall–Kier alpha value is -4.08. The maximum Gasteiger partial charge on any atom is 0.243 e. The lowest BCUT2D eigenvalue weighted by Crippen LogP contribution is -2.54. The van der Waals surface area contributed by atoms with Gasteiger partial charge < -0.3 is 10.2 Å². The van der Waals surface area contributed by atoms with E-state index in [4.69, 9.17) is 0 Å². The average molecular weight is 602 g/mol. The molecule has 0 heterocycles. The number of nitrogens with one attached hydrogen (secondary N) is 1. The smallest absolute Gasteiger partial charge is 0.243 e. The van der Waals surface area contributed by atoms with Gasteiger partial charge in [0.15, 0.2) is 0 Å². The number of sulfonamides is 1. The van der Waals surface area contributed by atoms with Gasteiger partial charge in [0.1, 0.15) is 11.9 Å². The molecule has 4 aromatic rings. The van der Waals surface area contributed by atoms with Crippen molar-refractivity contribution in [3.8, 4) is 0 Å². The highest BCUT2D eigenvalue weighted by Crippen LogP contribution is 2.23. The maximum absolute atomic E-state index is 14.1. The predicted molar refractivity (Wildman–Crippen MR) is 165 cm³/mol. The Morgan fingerprint density at radius 3 is 2.21 bits per heavy atom. The molecule has 1 atom stereocenters. The fourth-order valence-electron chi connectivity index (χ4n) is 5.58. The van der Waals surface area contributed by atoms with E-state index < -0.39 is 34.3 Å². The Kier molecular flexibility index (Phi) is 9.52. The van der Waals surface area contributed by atoms with Gasteiger partial charge in [0.25, 0.3) is 0 Å². The summed E-state index contributed by atoms with van der Waals surface area (Å²) in [6.45, 7) is -0.461. The molecule has 1 unspecified atom stereocenters. The molecule has 43 heavy (non-hydrogen) atoms. The lowest BCUT2D eigenvalue weighted by molar-refractivity contribution is -0.141. The molecule has 0 bridgehead atoms. The molecule has 7 nitrogen and oxygen atoms in total. The number of hydrogen-bond donors (Lipinski definition) is 1. The zero-order valence-electron chi connectivity index (χ0n) is 24.2. The van der Waals surface area contributed by atoms with Crippen molar-refractivity contribution >= 4 is 32.6 Å². The molecule has 4 aromatic carbocycles. The van der Waals surface area contributed by atoms with Gasteiger partial charge in [-0.1, -0.05) is 85.6 Å². The van der Waals surface area contributed by atoms with Crippen LogP contribution in [0.2, 0.25) is 0 Å². The zero-order chi connectivity index (χ0) is 30.4. The SMILES string of the molecule is CN(CC(=O)N(Cc1ccc(F)cc1)C(Cc1ccccc1)C(=O)NC1CCCC1)S(=O)(=O)c1ccc2ccccc2c1. The third-order valence-corrected chi connectivity index (χ3v) is 9.83. The number of fused-ring (bicyclic) bond motifs is 1. The molecule has 1 saturated carbocycles. The number of hydrogen-bond acceptors (Lipinski definition) is 4. The second-order valence-electron chi connectivity index (χ2n) is 11.1. The van der Waals surface area contributed by atoms with E-state index in [0.29, 0.717) is 5.56 Å². The molecule has 1 aliphatic rings. The highest BCUT2D eigenvalue weighted by Gasteiger charge is 2.34. The van der Waals surface area contributed by atoms with E-state index in [1.165, 1.54) is 30.1 Å². The first-order valence-corrected chi connectivity index (χ1v) is 16.0. The summed E-state index contributed by atoms with van der Waals surface area (Å²) < 4.78 is 41.9. The molecule has 9 heteroatoms. The number of halogens is 1. The third-order valence-electron chi connectivity index (χ3n) is 8.03. The van der Waals surface area contributed by atoms with Gasteiger partial charge >= 0.3 is 0 Å². The Morgan fingerprint density at radius 1 is 0.860 bits per heavy atom. The molecule has 5 rings (SSSR count). The Morgan fingerprint density at radius 2 is 1.51 bits per heavy atom. The van der Waals surface area contributed by atoms with Gasteiger partial charge in [-0.15, -0.1) is 0 Å². The number of carbonyl (C=O) groups excluding carboxylic acids is 2. The minimum atomic E-state index is -4.03. The molecular formula is C34H36FN3O4S. The molecule has 0 radical (unpaired) electrons. The normalized spacial score (nSPS) is 14.6. The van der Waals surface area contributed by atoms with Crippen LogP contribution in [0.5, 0.6) is 0 Å². The topological polar surface area (TPSA) is 86.8 Å². The molecule has 2 amide bonds. The van der Waals surface area contributed by atoms with Crippen molar-refractivity contribution in [2.45, 2.75) is 55.6 Å². The number of benzene rings is 4. The Labute approximate surface area is 252 Å². The largest absolute Gasteiger partial charge is 0.352 e. The molecule has 0 aromatic heterocycles. The summed E-state index contributed by atoms with van der Waals surface area (Å²) in [5.41, 5.74) is 1.49. The van der Waals surface area contributed by atoms with Crippen molar-refractivity contribution in [1.82, 2.24) is 14.5 Å². The highest BCUT2D eigenvalue weighted by atomic mass is 32.2. The van der Waals surface area contributed by atoms with E-state index in [-0.39, 0.29) is 29.8 Å². The van der Waals surface area contributed by atoms with Crippen LogP contribution in [0.3, 0.4) is 0 Å². The molecular weight excluding hydrogens is 565 g/mol. The summed E-state index contributed by atoms with van der Waals surface area (Å²) in [5, 5.41) is 4.81. The maximum atomic E-state index is 14.1. The molecule has 224 valence electrons. The molecule has 1 fully saturated rings. The van der Waals surface area contributed by atoms with Gasteiger partial charge in [-0.05, 0) is 59.0 Å². The Balaban J connectivity index is 1.45. The van der Waals surface area contributed by atoms with Gasteiger partial charge in [-0.25, -0.2) is 12.8 Å². The third kappa shape index (κ3) is 7.47. The van der Waals surface area contributed by atoms with Crippen LogP contribution in [0.15, 0.2) is 102 Å². The van der Waals surface area contributed by atoms with E-state index in [9.17, 15) is 22.4 Å². The summed E-state index contributed by atoms with van der Waals surface area (Å²) in [6, 6.07) is 26.6. The lowest BCUT2D eigenvalue weighted by atomic mass is 10.0. The average Bonchev–Trinajstić information content (AvgIpc) is 3.53. The van der Waals surface area contributed by atoms with Crippen molar-refractivity contribution in [2.24, 2.45) is 0 Å². The fraction of sp³-hybridized carbons (Fsp3) is 0.294. The molecule has 1 aliphatic carbocycles. The van der Waals surface area contributed by atoms with Crippen molar-refractivity contribution in [2.75, 3.05) is 13.6 Å². The van der Waals surface area contributed by atoms with Gasteiger partial charge in [0, 0.05) is 26.1 Å². The first-order chi connectivity index (χ1) is 20.7. The van der Waals surface area contributed by atoms with Crippen LogP contribution in [0, 0.1) is 5.82 Å². The number of nitrogens with zero attached hydrogens (tertiary/aromatic N) is 2. The summed E-state index contributed by atoms with van der Waals surface area (Å²) in [4.78, 5) is 29.4. The van der Waals surface area contributed by atoms with Crippen LogP contribution in [-0.2, 0) is 32.6 Å². The number of amides is 2. The van der Waals surface area contributed by atoms with Crippen molar-refractivity contribution in [3.05, 3.63) is 114 Å². The van der Waals surface area contributed by atoms with E-state index in [2.05, 4.69) is 5.32 Å².